The van der Waals surface area contributed by atoms with E-state index in [2.05, 4.69) is 163 Å². The van der Waals surface area contributed by atoms with E-state index in [4.69, 9.17) is 4.98 Å². The van der Waals surface area contributed by atoms with Gasteiger partial charge in [0.2, 0.25) is 0 Å². The molecule has 0 aliphatic carbocycles. The molecule has 2 nitrogen and oxygen atoms in total. The molecule has 49 heavy (non-hydrogen) atoms. The van der Waals surface area contributed by atoms with Crippen LogP contribution in [0, 0.1) is 0 Å². The highest BCUT2D eigenvalue weighted by Gasteiger charge is 2.14. The highest BCUT2D eigenvalue weighted by atomic mass is 32.1. The van der Waals surface area contributed by atoms with E-state index in [0.717, 1.165) is 33.1 Å². The van der Waals surface area contributed by atoms with E-state index in [1.807, 2.05) is 23.6 Å². The van der Waals surface area contributed by atoms with Crippen LogP contribution >= 0.6 is 11.3 Å². The number of rotatable bonds is 4. The van der Waals surface area contributed by atoms with Gasteiger partial charge in [0.1, 0.15) is 0 Å². The molecule has 0 saturated carbocycles. The second-order valence-electron chi connectivity index (χ2n) is 12.5. The minimum atomic E-state index is 0.935. The van der Waals surface area contributed by atoms with Crippen molar-refractivity contribution in [3.05, 3.63) is 170 Å². The van der Waals surface area contributed by atoms with E-state index < -0.39 is 0 Å². The molecule has 0 spiro atoms. The minimum Gasteiger partial charge on any atom is -0.254 e. The highest BCUT2D eigenvalue weighted by Crippen LogP contribution is 2.42. The Morgan fingerprint density at radius 2 is 0.959 bits per heavy atom. The van der Waals surface area contributed by atoms with Crippen LogP contribution in [-0.4, -0.2) is 9.97 Å². The Labute approximate surface area is 287 Å². The SMILES string of the molecule is c1ccc2c(c1)cc(-c1ccc(-c3ccc(-c4ccc(-c5ccc6ccc7cccnc7c6n5)c5ccccc45)cc3)s1)c1ccccc12. The number of benzene rings is 7. The first kappa shape index (κ1) is 27.9. The van der Waals surface area contributed by atoms with Gasteiger partial charge in [-0.3, -0.25) is 4.98 Å². The van der Waals surface area contributed by atoms with Crippen molar-refractivity contribution in [2.75, 3.05) is 0 Å². The van der Waals surface area contributed by atoms with E-state index in [9.17, 15) is 0 Å². The molecule has 0 fully saturated rings. The summed E-state index contributed by atoms with van der Waals surface area (Å²) in [5.74, 6) is 0. The Balaban J connectivity index is 1.02. The fourth-order valence-electron chi connectivity index (χ4n) is 7.36. The molecule has 0 unspecified atom stereocenters. The third-order valence-electron chi connectivity index (χ3n) is 9.75. The Bertz CT molecular complexity index is 2880. The van der Waals surface area contributed by atoms with Crippen molar-refractivity contribution in [1.82, 2.24) is 9.97 Å². The summed E-state index contributed by atoms with van der Waals surface area (Å²) in [6.45, 7) is 0. The molecule has 0 N–H and O–H groups in total. The van der Waals surface area contributed by atoms with Gasteiger partial charge in [0.05, 0.1) is 16.7 Å². The molecular weight excluding hydrogens is 613 g/mol. The average Bonchev–Trinajstić information content (AvgIpc) is 3.67. The monoisotopic (exact) mass is 640 g/mol. The fraction of sp³-hybridized carbons (Fsp3) is 0. The normalized spacial score (nSPS) is 11.7. The predicted octanol–water partition coefficient (Wildman–Crippen LogP) is 13.0. The lowest BCUT2D eigenvalue weighted by Crippen LogP contribution is -1.91. The average molecular weight is 641 g/mol. The molecule has 7 aromatic carbocycles. The van der Waals surface area contributed by atoms with Crippen LogP contribution in [0.3, 0.4) is 0 Å². The standard InChI is InChI=1S/C46H28N2S/c1-2-10-34-33(8-1)28-41(39-14-6-4-11-36(34)39)44-26-25-43(49-44)30-17-15-29(16-18-30)35-22-23-40(38-13-5-3-12-37(35)38)42-24-21-32-20-19-31-9-7-27-47-45(31)46(32)48-42/h1-28H. The predicted molar refractivity (Wildman–Crippen MR) is 209 cm³/mol. The summed E-state index contributed by atoms with van der Waals surface area (Å²) in [4.78, 5) is 12.4. The van der Waals surface area contributed by atoms with Crippen molar-refractivity contribution < 1.29 is 0 Å². The molecule has 0 aliphatic heterocycles. The van der Waals surface area contributed by atoms with E-state index in [1.165, 1.54) is 64.3 Å². The van der Waals surface area contributed by atoms with Gasteiger partial charge in [0, 0.05) is 37.9 Å². The van der Waals surface area contributed by atoms with E-state index in [0.29, 0.717) is 0 Å². The molecule has 0 amide bonds. The largest absolute Gasteiger partial charge is 0.254 e. The maximum Gasteiger partial charge on any atom is 0.0972 e. The number of aromatic nitrogens is 2. The first-order valence-electron chi connectivity index (χ1n) is 16.6. The summed E-state index contributed by atoms with van der Waals surface area (Å²) in [7, 11) is 0. The molecule has 3 heterocycles. The van der Waals surface area contributed by atoms with Crippen LogP contribution in [0.1, 0.15) is 0 Å². The second-order valence-corrected chi connectivity index (χ2v) is 13.6. The molecule has 0 saturated heterocycles. The smallest absolute Gasteiger partial charge is 0.0972 e. The van der Waals surface area contributed by atoms with Crippen molar-refractivity contribution >= 4 is 65.5 Å². The van der Waals surface area contributed by atoms with Crippen LogP contribution in [0.25, 0.3) is 97.4 Å². The van der Waals surface area contributed by atoms with Crippen molar-refractivity contribution in [2.45, 2.75) is 0 Å². The van der Waals surface area contributed by atoms with Crippen LogP contribution in [0.5, 0.6) is 0 Å². The zero-order valence-corrected chi connectivity index (χ0v) is 27.3. The summed E-state index contributed by atoms with van der Waals surface area (Å²) in [5.41, 5.74) is 8.89. The van der Waals surface area contributed by atoms with Crippen LogP contribution in [-0.2, 0) is 0 Å². The quantitative estimate of drug-likeness (QED) is 0.179. The van der Waals surface area contributed by atoms with Gasteiger partial charge >= 0.3 is 0 Å². The van der Waals surface area contributed by atoms with Crippen LogP contribution in [0.4, 0.5) is 0 Å². The van der Waals surface area contributed by atoms with Crippen LogP contribution in [0.15, 0.2) is 170 Å². The van der Waals surface area contributed by atoms with Gasteiger partial charge in [0.15, 0.2) is 0 Å². The Morgan fingerprint density at radius 3 is 1.78 bits per heavy atom. The lowest BCUT2D eigenvalue weighted by molar-refractivity contribution is 1.37. The van der Waals surface area contributed by atoms with Gasteiger partial charge in [-0.1, -0.05) is 133 Å². The molecule has 0 atom stereocenters. The van der Waals surface area contributed by atoms with Crippen LogP contribution in [0.2, 0.25) is 0 Å². The zero-order valence-electron chi connectivity index (χ0n) is 26.5. The van der Waals surface area contributed by atoms with Crippen molar-refractivity contribution in [1.29, 1.82) is 0 Å². The first-order valence-corrected chi connectivity index (χ1v) is 17.4. The van der Waals surface area contributed by atoms with Gasteiger partial charge in [0.25, 0.3) is 0 Å². The summed E-state index contributed by atoms with van der Waals surface area (Å²) < 4.78 is 0. The molecule has 10 rings (SSSR count). The minimum absolute atomic E-state index is 0.935. The zero-order chi connectivity index (χ0) is 32.3. The number of thiophene rings is 1. The maximum atomic E-state index is 5.17. The Kier molecular flexibility index (Phi) is 6.39. The summed E-state index contributed by atoms with van der Waals surface area (Å²) >= 11 is 1.86. The summed E-state index contributed by atoms with van der Waals surface area (Å²) in [6, 6.07) is 59.1. The lowest BCUT2D eigenvalue weighted by Gasteiger charge is -2.13. The van der Waals surface area contributed by atoms with Crippen molar-refractivity contribution in [3.8, 4) is 43.3 Å². The van der Waals surface area contributed by atoms with Gasteiger partial charge in [-0.2, -0.15) is 0 Å². The molecule has 228 valence electrons. The topological polar surface area (TPSA) is 25.8 Å². The molecular formula is C46H28N2S. The van der Waals surface area contributed by atoms with Gasteiger partial charge in [-0.25, -0.2) is 4.98 Å². The molecule has 3 aromatic heterocycles. The molecule has 10 aromatic rings. The highest BCUT2D eigenvalue weighted by molar-refractivity contribution is 7.19. The Hall–Kier alpha value is -6.16. The third kappa shape index (κ3) is 4.62. The molecule has 0 radical (unpaired) electrons. The first-order chi connectivity index (χ1) is 24.3. The molecule has 3 heteroatoms. The maximum absolute atomic E-state index is 5.17. The van der Waals surface area contributed by atoms with E-state index in [1.54, 1.807) is 0 Å². The fourth-order valence-corrected chi connectivity index (χ4v) is 8.40. The number of hydrogen-bond donors (Lipinski definition) is 0. The molecule has 0 bridgehead atoms. The number of hydrogen-bond acceptors (Lipinski definition) is 3. The number of pyridine rings is 2. The molecule has 0 aliphatic rings. The van der Waals surface area contributed by atoms with Gasteiger partial charge in [-0.05, 0) is 79.3 Å². The summed E-state index contributed by atoms with van der Waals surface area (Å²) in [6.07, 6.45) is 1.84. The van der Waals surface area contributed by atoms with Crippen LogP contribution < -0.4 is 0 Å². The lowest BCUT2D eigenvalue weighted by atomic mass is 9.93. The number of fused-ring (bicyclic) bond motifs is 7. The third-order valence-corrected chi connectivity index (χ3v) is 10.9. The van der Waals surface area contributed by atoms with E-state index in [-0.39, 0.29) is 0 Å². The van der Waals surface area contributed by atoms with E-state index >= 15 is 0 Å². The number of nitrogens with zero attached hydrogens (tertiary/aromatic N) is 2. The van der Waals surface area contributed by atoms with Crippen molar-refractivity contribution in [2.24, 2.45) is 0 Å². The Morgan fingerprint density at radius 1 is 0.367 bits per heavy atom. The summed E-state index contributed by atoms with van der Waals surface area (Å²) in [5, 5.41) is 9.77. The van der Waals surface area contributed by atoms with Gasteiger partial charge in [-0.15, -0.1) is 11.3 Å². The second kappa shape index (κ2) is 11.2. The van der Waals surface area contributed by atoms with Gasteiger partial charge < -0.3 is 0 Å². The van der Waals surface area contributed by atoms with Crippen molar-refractivity contribution in [3.63, 3.8) is 0 Å².